The maximum atomic E-state index is 13.1. The molecule has 3 aliphatic carbocycles. The van der Waals surface area contributed by atoms with E-state index in [-0.39, 0.29) is 29.1 Å². The molecule has 1 fully saturated rings. The largest absolute Gasteiger partial charge is 0.510 e. The minimum Gasteiger partial charge on any atom is -0.510 e. The molecular formula is C19H18N2O6. The Labute approximate surface area is 153 Å². The van der Waals surface area contributed by atoms with Crippen LogP contribution < -0.4 is 11.5 Å². The molecule has 0 aliphatic heterocycles. The van der Waals surface area contributed by atoms with E-state index in [1.165, 1.54) is 6.07 Å². The lowest BCUT2D eigenvalue weighted by atomic mass is 9.60. The fourth-order valence-corrected chi connectivity index (χ4v) is 4.64. The summed E-state index contributed by atoms with van der Waals surface area (Å²) in [7, 11) is 0. The summed E-state index contributed by atoms with van der Waals surface area (Å²) in [6, 6.07) is 3.71. The number of phenolic OH excluding ortho intramolecular Hbond substituents is 1. The average Bonchev–Trinajstić information content (AvgIpc) is 2.59. The van der Waals surface area contributed by atoms with E-state index in [9.17, 15) is 29.7 Å². The maximum Gasteiger partial charge on any atom is 0.255 e. The number of rotatable bonds is 1. The lowest BCUT2D eigenvalue weighted by Gasteiger charge is -2.43. The fraction of sp³-hybridized carbons (Fsp3) is 0.316. The number of nitrogens with two attached hydrogens (primary N) is 2. The molecule has 0 spiro atoms. The quantitative estimate of drug-likeness (QED) is 0.349. The van der Waals surface area contributed by atoms with Crippen LogP contribution in [-0.2, 0) is 20.8 Å². The van der Waals surface area contributed by atoms with Gasteiger partial charge in [0.1, 0.15) is 22.8 Å². The third-order valence-electron chi connectivity index (χ3n) is 5.84. The van der Waals surface area contributed by atoms with Crippen molar-refractivity contribution in [3.63, 3.8) is 0 Å². The number of fused-ring (bicyclic) bond motifs is 3. The Bertz CT molecular complexity index is 976. The Morgan fingerprint density at radius 2 is 1.81 bits per heavy atom. The zero-order valence-electron chi connectivity index (χ0n) is 14.2. The minimum atomic E-state index is -1.29. The molecule has 27 heavy (non-hydrogen) atoms. The standard InChI is InChI=1S/C19H18N2O6/c20-14-8-5-7-4-6-2-1-3-9(22)10(6)15(23)11(7)16(24)12(8)17(25)13(18(14)26)19(21)27/h1-3,7-8,12,14,22-23,26H,4-5,20H2,(H2,21,27)/t7?,8?,12?,14-/m0/s1. The molecule has 0 saturated heterocycles. The van der Waals surface area contributed by atoms with Gasteiger partial charge in [0.2, 0.25) is 0 Å². The van der Waals surface area contributed by atoms with Crippen molar-refractivity contribution >= 4 is 23.2 Å². The number of carbonyl (C=O) groups excluding carboxylic acids is 3. The highest BCUT2D eigenvalue weighted by Crippen LogP contribution is 2.49. The van der Waals surface area contributed by atoms with Crippen LogP contribution in [0, 0.1) is 17.8 Å². The van der Waals surface area contributed by atoms with Crippen LogP contribution in [0.4, 0.5) is 0 Å². The summed E-state index contributed by atoms with van der Waals surface area (Å²) in [6.07, 6.45) is 0.653. The van der Waals surface area contributed by atoms with E-state index in [1.54, 1.807) is 12.1 Å². The van der Waals surface area contributed by atoms with Gasteiger partial charge in [0.25, 0.3) is 5.91 Å². The van der Waals surface area contributed by atoms with Gasteiger partial charge in [0, 0.05) is 5.57 Å². The van der Waals surface area contributed by atoms with Crippen LogP contribution in [-0.4, -0.2) is 38.8 Å². The van der Waals surface area contributed by atoms with E-state index in [1.807, 2.05) is 0 Å². The van der Waals surface area contributed by atoms with Crippen molar-refractivity contribution in [2.75, 3.05) is 0 Å². The molecule has 4 rings (SSSR count). The SMILES string of the molecule is NC(=O)C1=C(O)[C@@H](N)C2CC3Cc4cccc(O)c4C(O)=C3C(=O)C2C1=O. The van der Waals surface area contributed by atoms with Gasteiger partial charge in [0.15, 0.2) is 11.6 Å². The molecule has 3 aliphatic rings. The van der Waals surface area contributed by atoms with E-state index in [4.69, 9.17) is 11.5 Å². The van der Waals surface area contributed by atoms with Gasteiger partial charge < -0.3 is 26.8 Å². The molecule has 0 aromatic heterocycles. The number of primary amides is 1. The zero-order valence-corrected chi connectivity index (χ0v) is 14.2. The third kappa shape index (κ3) is 2.23. The van der Waals surface area contributed by atoms with Crippen molar-refractivity contribution in [2.24, 2.45) is 29.2 Å². The molecule has 8 nitrogen and oxygen atoms in total. The average molecular weight is 370 g/mol. The first-order valence-corrected chi connectivity index (χ1v) is 8.55. The van der Waals surface area contributed by atoms with Crippen LogP contribution in [0.1, 0.15) is 17.5 Å². The van der Waals surface area contributed by atoms with Gasteiger partial charge in [-0.3, -0.25) is 14.4 Å². The molecule has 0 radical (unpaired) electrons. The van der Waals surface area contributed by atoms with Gasteiger partial charge in [0.05, 0.1) is 17.5 Å². The van der Waals surface area contributed by atoms with Gasteiger partial charge in [-0.25, -0.2) is 0 Å². The number of ketones is 2. The number of hydrogen-bond acceptors (Lipinski definition) is 7. The third-order valence-corrected chi connectivity index (χ3v) is 5.84. The molecule has 140 valence electrons. The second kappa shape index (κ2) is 5.68. The zero-order chi connectivity index (χ0) is 19.6. The Balaban J connectivity index is 1.87. The number of hydrogen-bond donors (Lipinski definition) is 5. The summed E-state index contributed by atoms with van der Waals surface area (Å²) in [6.45, 7) is 0. The molecule has 1 aromatic carbocycles. The van der Waals surface area contributed by atoms with Crippen molar-refractivity contribution in [1.82, 2.24) is 0 Å². The van der Waals surface area contributed by atoms with E-state index < -0.39 is 52.6 Å². The topological polar surface area (TPSA) is 164 Å². The number of Topliss-reactive ketones (excluding diaryl/α,β-unsaturated/α-hetero) is 2. The van der Waals surface area contributed by atoms with Crippen LogP contribution in [0.3, 0.4) is 0 Å². The lowest BCUT2D eigenvalue weighted by Crippen LogP contribution is -2.54. The smallest absolute Gasteiger partial charge is 0.255 e. The second-order valence-electron chi connectivity index (χ2n) is 7.23. The highest BCUT2D eigenvalue weighted by Gasteiger charge is 2.54. The van der Waals surface area contributed by atoms with E-state index in [0.29, 0.717) is 12.0 Å². The number of aliphatic hydroxyl groups is 2. The molecule has 1 amide bonds. The molecule has 1 saturated carbocycles. The molecule has 0 heterocycles. The number of aliphatic hydroxyl groups excluding tert-OH is 2. The van der Waals surface area contributed by atoms with Crippen LogP contribution in [0.2, 0.25) is 0 Å². The maximum absolute atomic E-state index is 13.1. The van der Waals surface area contributed by atoms with Gasteiger partial charge in [-0.15, -0.1) is 0 Å². The van der Waals surface area contributed by atoms with Crippen LogP contribution >= 0.6 is 0 Å². The predicted octanol–water partition coefficient (Wildman–Crippen LogP) is 0.246. The van der Waals surface area contributed by atoms with Crippen molar-refractivity contribution in [3.05, 3.63) is 46.2 Å². The molecule has 8 heteroatoms. The fourth-order valence-electron chi connectivity index (χ4n) is 4.64. The van der Waals surface area contributed by atoms with Crippen molar-refractivity contribution in [1.29, 1.82) is 0 Å². The lowest BCUT2D eigenvalue weighted by molar-refractivity contribution is -0.135. The highest BCUT2D eigenvalue weighted by atomic mass is 16.3. The van der Waals surface area contributed by atoms with Crippen molar-refractivity contribution < 1.29 is 29.7 Å². The summed E-state index contributed by atoms with van der Waals surface area (Å²) >= 11 is 0. The van der Waals surface area contributed by atoms with Crippen LogP contribution in [0.5, 0.6) is 5.75 Å². The summed E-state index contributed by atoms with van der Waals surface area (Å²) in [4.78, 5) is 37.4. The van der Waals surface area contributed by atoms with Gasteiger partial charge >= 0.3 is 0 Å². The Morgan fingerprint density at radius 1 is 1.11 bits per heavy atom. The molecule has 7 N–H and O–H groups in total. The first kappa shape index (κ1) is 17.3. The number of phenols is 1. The van der Waals surface area contributed by atoms with Crippen LogP contribution in [0.25, 0.3) is 5.76 Å². The molecule has 0 bridgehead atoms. The highest BCUT2D eigenvalue weighted by molar-refractivity contribution is 6.28. The summed E-state index contributed by atoms with van der Waals surface area (Å²) in [5.74, 6) is -6.18. The molecular weight excluding hydrogens is 352 g/mol. The first-order valence-electron chi connectivity index (χ1n) is 8.55. The van der Waals surface area contributed by atoms with E-state index in [2.05, 4.69) is 0 Å². The molecule has 4 atom stereocenters. The summed E-state index contributed by atoms with van der Waals surface area (Å²) in [5.41, 5.74) is 11.5. The van der Waals surface area contributed by atoms with Crippen molar-refractivity contribution in [3.8, 4) is 5.75 Å². The summed E-state index contributed by atoms with van der Waals surface area (Å²) < 4.78 is 0. The van der Waals surface area contributed by atoms with Gasteiger partial charge in [-0.1, -0.05) is 12.1 Å². The monoisotopic (exact) mass is 370 g/mol. The van der Waals surface area contributed by atoms with E-state index >= 15 is 0 Å². The van der Waals surface area contributed by atoms with Crippen molar-refractivity contribution in [2.45, 2.75) is 18.9 Å². The Kier molecular flexibility index (Phi) is 3.64. The van der Waals surface area contributed by atoms with Crippen LogP contribution in [0.15, 0.2) is 35.1 Å². The minimum absolute atomic E-state index is 0.0519. The number of benzene rings is 1. The summed E-state index contributed by atoms with van der Waals surface area (Å²) in [5, 5.41) is 30.9. The number of allylic oxidation sites excluding steroid dienone is 1. The van der Waals surface area contributed by atoms with Gasteiger partial charge in [-0.05, 0) is 36.3 Å². The molecule has 1 aromatic rings. The Morgan fingerprint density at radius 3 is 2.48 bits per heavy atom. The van der Waals surface area contributed by atoms with Gasteiger partial charge in [-0.2, -0.15) is 0 Å². The predicted molar refractivity (Wildman–Crippen MR) is 93.3 cm³/mol. The normalized spacial score (nSPS) is 30.0. The Hall–Kier alpha value is -3.13. The number of aromatic hydroxyl groups is 1. The first-order chi connectivity index (χ1) is 12.7. The second-order valence-corrected chi connectivity index (χ2v) is 7.23. The number of carbonyl (C=O) groups is 3. The number of amides is 1. The molecule has 3 unspecified atom stereocenters. The van der Waals surface area contributed by atoms with E-state index in [0.717, 1.165) is 0 Å².